The number of carbonyl (C=O) groups excluding carboxylic acids is 1. The van der Waals surface area contributed by atoms with Crippen LogP contribution < -0.4 is 0 Å². The minimum absolute atomic E-state index is 0.162. The van der Waals surface area contributed by atoms with Gasteiger partial charge in [0.25, 0.3) is 5.91 Å². The van der Waals surface area contributed by atoms with Gasteiger partial charge in [-0.25, -0.2) is 14.4 Å². The smallest absolute Gasteiger partial charge is 0.291 e. The van der Waals surface area contributed by atoms with Gasteiger partial charge in [0.2, 0.25) is 5.82 Å². The van der Waals surface area contributed by atoms with Crippen molar-refractivity contribution in [2.24, 2.45) is 0 Å². The van der Waals surface area contributed by atoms with Gasteiger partial charge >= 0.3 is 0 Å². The summed E-state index contributed by atoms with van der Waals surface area (Å²) in [5.41, 5.74) is 1.52. The van der Waals surface area contributed by atoms with Crippen LogP contribution in [0.5, 0.6) is 0 Å². The van der Waals surface area contributed by atoms with E-state index in [4.69, 9.17) is 0 Å². The van der Waals surface area contributed by atoms with Gasteiger partial charge in [0, 0.05) is 17.9 Å². The number of carbonyl (C=O) groups is 1. The van der Waals surface area contributed by atoms with Crippen LogP contribution in [-0.4, -0.2) is 40.0 Å². The maximum absolute atomic E-state index is 13.2. The number of piperidine rings is 1. The highest BCUT2D eigenvalue weighted by atomic mass is 19.1. The lowest BCUT2D eigenvalue weighted by molar-refractivity contribution is 0.0623. The number of aryl methyl sites for hydroxylation is 2. The van der Waals surface area contributed by atoms with Crippen LogP contribution in [0.25, 0.3) is 0 Å². The Hall–Kier alpha value is -1.52. The second-order valence-corrected chi connectivity index (χ2v) is 4.46. The molecule has 17 heavy (non-hydrogen) atoms. The van der Waals surface area contributed by atoms with Crippen molar-refractivity contribution in [2.75, 3.05) is 13.1 Å². The summed E-state index contributed by atoms with van der Waals surface area (Å²) < 4.78 is 13.2. The summed E-state index contributed by atoms with van der Waals surface area (Å²) in [6, 6.07) is 1.81. The topological polar surface area (TPSA) is 46.1 Å². The lowest BCUT2D eigenvalue weighted by Crippen LogP contribution is -2.41. The first-order chi connectivity index (χ1) is 8.06. The summed E-state index contributed by atoms with van der Waals surface area (Å²) in [6.07, 6.45) is 0.327. The molecular weight excluding hydrogens is 221 g/mol. The van der Waals surface area contributed by atoms with E-state index in [0.717, 1.165) is 11.4 Å². The predicted octanol–water partition coefficient (Wildman–Crippen LogP) is 1.67. The SMILES string of the molecule is Cc1cc(C)nc(C(=O)N2CCCC(F)C2)n1. The van der Waals surface area contributed by atoms with E-state index in [1.807, 2.05) is 19.9 Å². The molecule has 1 unspecified atom stereocenters. The van der Waals surface area contributed by atoms with Gasteiger partial charge in [0.15, 0.2) is 0 Å². The Morgan fingerprint density at radius 3 is 2.65 bits per heavy atom. The van der Waals surface area contributed by atoms with Crippen LogP contribution in [0.15, 0.2) is 6.07 Å². The lowest BCUT2D eigenvalue weighted by atomic mass is 10.1. The van der Waals surface area contributed by atoms with E-state index in [-0.39, 0.29) is 18.3 Å². The van der Waals surface area contributed by atoms with Crippen molar-refractivity contribution in [1.82, 2.24) is 14.9 Å². The summed E-state index contributed by atoms with van der Waals surface area (Å²) in [7, 11) is 0. The van der Waals surface area contributed by atoms with Crippen molar-refractivity contribution >= 4 is 5.91 Å². The van der Waals surface area contributed by atoms with Crippen LogP contribution in [0.3, 0.4) is 0 Å². The molecule has 0 aliphatic carbocycles. The molecule has 4 nitrogen and oxygen atoms in total. The molecule has 2 heterocycles. The van der Waals surface area contributed by atoms with E-state index >= 15 is 0 Å². The Labute approximate surface area is 99.9 Å². The molecular formula is C12H16FN3O. The average Bonchev–Trinajstić information content (AvgIpc) is 2.26. The Morgan fingerprint density at radius 2 is 2.06 bits per heavy atom. The molecule has 1 atom stereocenters. The number of amides is 1. The number of aromatic nitrogens is 2. The third kappa shape index (κ3) is 2.78. The molecule has 1 aromatic rings. The van der Waals surface area contributed by atoms with Crippen molar-refractivity contribution in [3.8, 4) is 0 Å². The zero-order chi connectivity index (χ0) is 12.4. The van der Waals surface area contributed by atoms with Crippen LogP contribution in [0.4, 0.5) is 4.39 Å². The van der Waals surface area contributed by atoms with Crippen LogP contribution in [0, 0.1) is 13.8 Å². The molecule has 1 fully saturated rings. The van der Waals surface area contributed by atoms with Gasteiger partial charge < -0.3 is 4.90 Å². The summed E-state index contributed by atoms with van der Waals surface area (Å²) >= 11 is 0. The minimum atomic E-state index is -0.918. The summed E-state index contributed by atoms with van der Waals surface area (Å²) in [6.45, 7) is 4.39. The van der Waals surface area contributed by atoms with Crippen LogP contribution in [0.1, 0.15) is 34.8 Å². The predicted molar refractivity (Wildman–Crippen MR) is 61.5 cm³/mol. The van der Waals surface area contributed by atoms with Gasteiger partial charge in [-0.15, -0.1) is 0 Å². The molecule has 2 rings (SSSR count). The van der Waals surface area contributed by atoms with Crippen LogP contribution in [-0.2, 0) is 0 Å². The Bertz CT molecular complexity index is 416. The molecule has 92 valence electrons. The van der Waals surface area contributed by atoms with E-state index in [0.29, 0.717) is 19.4 Å². The van der Waals surface area contributed by atoms with E-state index < -0.39 is 6.17 Å². The summed E-state index contributed by atoms with van der Waals surface area (Å²) in [5.74, 6) is -0.0873. The van der Waals surface area contributed by atoms with Crippen molar-refractivity contribution in [2.45, 2.75) is 32.9 Å². The molecule has 1 aromatic heterocycles. The maximum Gasteiger partial charge on any atom is 0.291 e. The quantitative estimate of drug-likeness (QED) is 0.746. The van der Waals surface area contributed by atoms with Gasteiger partial charge in [0.1, 0.15) is 6.17 Å². The third-order valence-corrected chi connectivity index (χ3v) is 2.82. The highest BCUT2D eigenvalue weighted by Crippen LogP contribution is 2.14. The second kappa shape index (κ2) is 4.77. The molecule has 5 heteroatoms. The first kappa shape index (κ1) is 12.0. The number of hydrogen-bond acceptors (Lipinski definition) is 3. The maximum atomic E-state index is 13.2. The van der Waals surface area contributed by atoms with Gasteiger partial charge in [0.05, 0.1) is 6.54 Å². The van der Waals surface area contributed by atoms with E-state index in [2.05, 4.69) is 9.97 Å². The van der Waals surface area contributed by atoms with Crippen LogP contribution >= 0.6 is 0 Å². The molecule has 0 saturated carbocycles. The molecule has 0 radical (unpaired) electrons. The molecule has 0 N–H and O–H groups in total. The number of alkyl halides is 1. The molecule has 1 aliphatic rings. The minimum Gasteiger partial charge on any atom is -0.333 e. The molecule has 0 bridgehead atoms. The normalized spacial score (nSPS) is 20.4. The van der Waals surface area contributed by atoms with E-state index in [9.17, 15) is 9.18 Å². The first-order valence-electron chi connectivity index (χ1n) is 5.82. The molecule has 1 saturated heterocycles. The number of likely N-dealkylation sites (tertiary alicyclic amines) is 1. The van der Waals surface area contributed by atoms with Crippen molar-refractivity contribution in [3.05, 3.63) is 23.3 Å². The van der Waals surface area contributed by atoms with Gasteiger partial charge in [-0.05, 0) is 32.8 Å². The van der Waals surface area contributed by atoms with Crippen molar-refractivity contribution in [1.29, 1.82) is 0 Å². The number of halogens is 1. The van der Waals surface area contributed by atoms with Crippen molar-refractivity contribution in [3.63, 3.8) is 0 Å². The standard InChI is InChI=1S/C12H16FN3O/c1-8-6-9(2)15-11(14-8)12(17)16-5-3-4-10(13)7-16/h6,10H,3-5,7H2,1-2H3. The average molecular weight is 237 g/mol. The fourth-order valence-electron chi connectivity index (χ4n) is 2.07. The third-order valence-electron chi connectivity index (χ3n) is 2.82. The largest absolute Gasteiger partial charge is 0.333 e. The molecule has 0 spiro atoms. The van der Waals surface area contributed by atoms with Crippen molar-refractivity contribution < 1.29 is 9.18 Å². The van der Waals surface area contributed by atoms with Gasteiger partial charge in [-0.2, -0.15) is 0 Å². The van der Waals surface area contributed by atoms with E-state index in [1.165, 1.54) is 4.90 Å². The second-order valence-electron chi connectivity index (χ2n) is 4.46. The number of nitrogens with zero attached hydrogens (tertiary/aromatic N) is 3. The van der Waals surface area contributed by atoms with Gasteiger partial charge in [-0.1, -0.05) is 0 Å². The Morgan fingerprint density at radius 1 is 1.41 bits per heavy atom. The number of hydrogen-bond donors (Lipinski definition) is 0. The Kier molecular flexibility index (Phi) is 3.36. The fourth-order valence-corrected chi connectivity index (χ4v) is 2.07. The molecule has 1 aliphatic heterocycles. The highest BCUT2D eigenvalue weighted by Gasteiger charge is 2.25. The summed E-state index contributed by atoms with van der Waals surface area (Å²) in [4.78, 5) is 21.8. The zero-order valence-electron chi connectivity index (χ0n) is 10.1. The molecule has 0 aromatic carbocycles. The van der Waals surface area contributed by atoms with Crippen LogP contribution in [0.2, 0.25) is 0 Å². The molecule has 1 amide bonds. The highest BCUT2D eigenvalue weighted by molar-refractivity contribution is 5.90. The van der Waals surface area contributed by atoms with E-state index in [1.54, 1.807) is 0 Å². The fraction of sp³-hybridized carbons (Fsp3) is 0.583. The Balaban J connectivity index is 2.18. The number of rotatable bonds is 1. The first-order valence-corrected chi connectivity index (χ1v) is 5.82. The zero-order valence-corrected chi connectivity index (χ0v) is 10.1. The van der Waals surface area contributed by atoms with Gasteiger partial charge in [-0.3, -0.25) is 4.79 Å². The summed E-state index contributed by atoms with van der Waals surface area (Å²) in [5, 5.41) is 0. The monoisotopic (exact) mass is 237 g/mol. The lowest BCUT2D eigenvalue weighted by Gasteiger charge is -2.28.